The topological polar surface area (TPSA) is 103 Å². The predicted molar refractivity (Wildman–Crippen MR) is 152 cm³/mol. The number of ether oxygens (including phenoxy) is 3. The largest absolute Gasteiger partial charge is 0.493 e. The van der Waals surface area contributed by atoms with Crippen LogP contribution in [-0.2, 0) is 9.53 Å². The van der Waals surface area contributed by atoms with Gasteiger partial charge in [0, 0.05) is 5.56 Å². The number of hydrogen-bond acceptors (Lipinski definition) is 8. The van der Waals surface area contributed by atoms with Gasteiger partial charge in [0.1, 0.15) is 11.9 Å². The number of nitrogens with zero attached hydrogens (tertiary/aromatic N) is 3. The smallest absolute Gasteiger partial charge is 0.338 e. The maximum Gasteiger partial charge on any atom is 0.338 e. The number of thiazole rings is 1. The van der Waals surface area contributed by atoms with Gasteiger partial charge in [0.2, 0.25) is 0 Å². The summed E-state index contributed by atoms with van der Waals surface area (Å²) in [4.78, 5) is 32.6. The monoisotopic (exact) mass is 569 g/mol. The highest BCUT2D eigenvalue weighted by Gasteiger charge is 2.35. The van der Waals surface area contributed by atoms with Gasteiger partial charge in [-0.15, -0.1) is 0 Å². The third kappa shape index (κ3) is 5.53. The van der Waals surface area contributed by atoms with E-state index >= 15 is 0 Å². The van der Waals surface area contributed by atoms with E-state index < -0.39 is 17.8 Å². The normalized spacial score (nSPS) is 14.6. The Kier molecular flexibility index (Phi) is 8.08. The van der Waals surface area contributed by atoms with Gasteiger partial charge in [0.05, 0.1) is 35.6 Å². The predicted octanol–water partition coefficient (Wildman–Crippen LogP) is 3.99. The van der Waals surface area contributed by atoms with Crippen molar-refractivity contribution < 1.29 is 23.4 Å². The maximum atomic E-state index is 13.9. The minimum Gasteiger partial charge on any atom is -0.493 e. The fourth-order valence-electron chi connectivity index (χ4n) is 4.56. The Labute approximate surface area is 238 Å². The molecule has 1 aromatic heterocycles. The molecule has 1 aliphatic rings. The molecule has 1 atom stereocenters. The Balaban J connectivity index is 1.75. The lowest BCUT2D eigenvalue weighted by Gasteiger charge is -2.25. The van der Waals surface area contributed by atoms with Crippen LogP contribution in [0, 0.1) is 17.1 Å². The Morgan fingerprint density at radius 3 is 2.56 bits per heavy atom. The van der Waals surface area contributed by atoms with Gasteiger partial charge in [0.15, 0.2) is 22.9 Å². The molecule has 4 aromatic rings. The van der Waals surface area contributed by atoms with Crippen molar-refractivity contribution in [2.45, 2.75) is 13.0 Å². The zero-order chi connectivity index (χ0) is 28.9. The van der Waals surface area contributed by atoms with Crippen molar-refractivity contribution in [3.8, 4) is 17.6 Å². The molecule has 0 radical (unpaired) electrons. The number of nitriles is 1. The fourth-order valence-corrected chi connectivity index (χ4v) is 5.56. The fraction of sp³-hybridized carbons (Fsp3) is 0.161. The average Bonchev–Trinajstić information content (AvgIpc) is 3.30. The molecule has 10 heteroatoms. The van der Waals surface area contributed by atoms with Crippen molar-refractivity contribution in [3.05, 3.63) is 121 Å². The van der Waals surface area contributed by atoms with E-state index in [-0.39, 0.29) is 24.3 Å². The highest BCUT2D eigenvalue weighted by molar-refractivity contribution is 7.07. The number of hydrogen-bond donors (Lipinski definition) is 0. The van der Waals surface area contributed by atoms with Crippen LogP contribution in [-0.4, -0.2) is 30.9 Å². The van der Waals surface area contributed by atoms with Crippen LogP contribution in [0.2, 0.25) is 0 Å². The van der Waals surface area contributed by atoms with E-state index in [1.165, 1.54) is 35.1 Å². The second-order valence-electron chi connectivity index (χ2n) is 8.84. The number of methoxy groups -OCH3 is 1. The Bertz CT molecular complexity index is 1850. The summed E-state index contributed by atoms with van der Waals surface area (Å²) >= 11 is 1.17. The summed E-state index contributed by atoms with van der Waals surface area (Å²) in [6, 6.07) is 21.0. The van der Waals surface area contributed by atoms with Crippen LogP contribution in [0.4, 0.5) is 4.39 Å². The minimum atomic E-state index is -0.903. The number of aromatic nitrogens is 1. The van der Waals surface area contributed by atoms with Gasteiger partial charge in [-0.2, -0.15) is 5.26 Å². The second-order valence-corrected chi connectivity index (χ2v) is 9.85. The number of carbonyl (C=O) groups is 1. The summed E-state index contributed by atoms with van der Waals surface area (Å²) in [6.07, 6.45) is 1.69. The van der Waals surface area contributed by atoms with Crippen molar-refractivity contribution in [2.75, 3.05) is 20.3 Å². The molecule has 0 spiro atoms. The van der Waals surface area contributed by atoms with Gasteiger partial charge in [-0.1, -0.05) is 59.9 Å². The van der Waals surface area contributed by atoms with Gasteiger partial charge < -0.3 is 14.2 Å². The molecule has 206 valence electrons. The first-order valence-corrected chi connectivity index (χ1v) is 13.5. The first kappa shape index (κ1) is 27.6. The number of halogens is 1. The van der Waals surface area contributed by atoms with Crippen LogP contribution < -0.4 is 24.4 Å². The summed E-state index contributed by atoms with van der Waals surface area (Å²) in [5.74, 6) is -0.254. The highest BCUT2D eigenvalue weighted by atomic mass is 32.1. The van der Waals surface area contributed by atoms with Crippen LogP contribution in [0.15, 0.2) is 88.2 Å². The van der Waals surface area contributed by atoms with E-state index in [0.29, 0.717) is 43.2 Å². The molecule has 2 heterocycles. The quantitative estimate of drug-likeness (QED) is 0.298. The van der Waals surface area contributed by atoms with E-state index in [1.54, 1.807) is 43.3 Å². The molecule has 0 amide bonds. The Morgan fingerprint density at radius 1 is 1.12 bits per heavy atom. The van der Waals surface area contributed by atoms with E-state index in [9.17, 15) is 14.0 Å². The van der Waals surface area contributed by atoms with Gasteiger partial charge in [-0.05, 0) is 48.4 Å². The lowest BCUT2D eigenvalue weighted by molar-refractivity contribution is -0.138. The summed E-state index contributed by atoms with van der Waals surface area (Å²) in [5.41, 5.74) is 2.06. The molecule has 0 saturated heterocycles. The summed E-state index contributed by atoms with van der Waals surface area (Å²) < 4.78 is 32.0. The zero-order valence-corrected chi connectivity index (χ0v) is 23.0. The molecule has 8 nitrogen and oxygen atoms in total. The third-order valence-corrected chi connectivity index (χ3v) is 7.32. The van der Waals surface area contributed by atoms with Gasteiger partial charge in [-0.3, -0.25) is 9.36 Å². The molecule has 1 aliphatic heterocycles. The molecule has 0 N–H and O–H groups in total. The summed E-state index contributed by atoms with van der Waals surface area (Å²) in [6.45, 7) is 1.69. The van der Waals surface area contributed by atoms with E-state index in [1.807, 2.05) is 36.4 Å². The van der Waals surface area contributed by atoms with Gasteiger partial charge >= 0.3 is 5.97 Å². The molecule has 0 fully saturated rings. The van der Waals surface area contributed by atoms with E-state index in [2.05, 4.69) is 0 Å². The van der Waals surface area contributed by atoms with Crippen LogP contribution >= 0.6 is 11.3 Å². The summed E-state index contributed by atoms with van der Waals surface area (Å²) in [7, 11) is 1.48. The van der Waals surface area contributed by atoms with Crippen LogP contribution in [0.5, 0.6) is 11.5 Å². The molecule has 1 unspecified atom stereocenters. The van der Waals surface area contributed by atoms with Gasteiger partial charge in [-0.25, -0.2) is 14.2 Å². The van der Waals surface area contributed by atoms with Crippen LogP contribution in [0.1, 0.15) is 29.7 Å². The molecule has 0 saturated carbocycles. The maximum absolute atomic E-state index is 13.9. The SMILES string of the molecule is CCOC(=O)C1=C(c2ccccc2)N=c2sc(=Cc3ccc(OCC#N)c(OC)c3)c(=O)n2C1c1ccc(F)cc1. The molecule has 0 bridgehead atoms. The average molecular weight is 570 g/mol. The third-order valence-electron chi connectivity index (χ3n) is 6.34. The summed E-state index contributed by atoms with van der Waals surface area (Å²) in [5, 5.41) is 8.83. The van der Waals surface area contributed by atoms with E-state index in [0.717, 1.165) is 0 Å². The van der Waals surface area contributed by atoms with Crippen molar-refractivity contribution in [2.24, 2.45) is 4.99 Å². The number of benzene rings is 3. The van der Waals surface area contributed by atoms with Crippen LogP contribution in [0.3, 0.4) is 0 Å². The minimum absolute atomic E-state index is 0.126. The zero-order valence-electron chi connectivity index (χ0n) is 22.2. The number of rotatable bonds is 8. The van der Waals surface area contributed by atoms with Crippen molar-refractivity contribution in [1.82, 2.24) is 4.57 Å². The van der Waals surface area contributed by atoms with Crippen molar-refractivity contribution >= 4 is 29.1 Å². The number of carbonyl (C=O) groups excluding carboxylic acids is 1. The lowest BCUT2D eigenvalue weighted by Crippen LogP contribution is -2.40. The Morgan fingerprint density at radius 2 is 1.88 bits per heavy atom. The first-order chi connectivity index (χ1) is 19.9. The second kappa shape index (κ2) is 12.0. The number of esters is 1. The number of fused-ring (bicyclic) bond motifs is 1. The Hall–Kier alpha value is -5.01. The van der Waals surface area contributed by atoms with Gasteiger partial charge in [0.25, 0.3) is 5.56 Å². The molecule has 41 heavy (non-hydrogen) atoms. The van der Waals surface area contributed by atoms with Crippen molar-refractivity contribution in [3.63, 3.8) is 0 Å². The highest BCUT2D eigenvalue weighted by Crippen LogP contribution is 2.35. The molecular formula is C31H24FN3O5S. The van der Waals surface area contributed by atoms with Crippen molar-refractivity contribution in [1.29, 1.82) is 5.26 Å². The molecular weight excluding hydrogens is 545 g/mol. The van der Waals surface area contributed by atoms with E-state index in [4.69, 9.17) is 24.5 Å². The lowest BCUT2D eigenvalue weighted by atomic mass is 9.93. The molecule has 3 aromatic carbocycles. The van der Waals surface area contributed by atoms with Crippen LogP contribution in [0.25, 0.3) is 11.8 Å². The molecule has 5 rings (SSSR count). The first-order valence-electron chi connectivity index (χ1n) is 12.7. The standard InChI is InChI=1S/C31H24FN3O5S/c1-3-39-30(37)26-27(20-7-5-4-6-8-20)34-31-35(28(26)21-10-12-22(32)13-11-21)29(36)25(41-31)18-19-9-14-23(40-16-15-33)24(17-19)38-2/h4-14,17-18,28H,3,16H2,1-2H3. The molecule has 0 aliphatic carbocycles.